The highest BCUT2D eigenvalue weighted by molar-refractivity contribution is 6.34. The summed E-state index contributed by atoms with van der Waals surface area (Å²) >= 11 is 6.04. The lowest BCUT2D eigenvalue weighted by Gasteiger charge is -2.26. The van der Waals surface area contributed by atoms with Crippen LogP contribution in [0, 0.1) is 0 Å². The molecular weight excluding hydrogens is 290 g/mol. The lowest BCUT2D eigenvalue weighted by molar-refractivity contribution is -0.116. The van der Waals surface area contributed by atoms with E-state index < -0.39 is 0 Å². The lowest BCUT2D eigenvalue weighted by Crippen LogP contribution is -2.38. The number of halogens is 1. The van der Waals surface area contributed by atoms with Crippen LogP contribution in [0.25, 0.3) is 0 Å². The molecule has 2 atom stereocenters. The van der Waals surface area contributed by atoms with Gasteiger partial charge in [-0.3, -0.25) is 4.79 Å². The van der Waals surface area contributed by atoms with E-state index in [0.717, 1.165) is 13.0 Å². The first-order chi connectivity index (χ1) is 9.97. The van der Waals surface area contributed by atoms with E-state index in [1.54, 1.807) is 18.2 Å². The van der Waals surface area contributed by atoms with Gasteiger partial charge in [0, 0.05) is 31.3 Å². The maximum absolute atomic E-state index is 12.0. The van der Waals surface area contributed by atoms with E-state index in [9.17, 15) is 4.79 Å². The Morgan fingerprint density at radius 3 is 2.95 bits per heavy atom. The van der Waals surface area contributed by atoms with Crippen molar-refractivity contribution >= 4 is 28.9 Å². The number of ether oxygens (including phenoxy) is 1. The number of rotatable bonds is 5. The van der Waals surface area contributed by atoms with Gasteiger partial charge in [-0.05, 0) is 38.6 Å². The zero-order valence-electron chi connectivity index (χ0n) is 12.4. The number of nitrogens with zero attached hydrogens (tertiary/aromatic N) is 1. The van der Waals surface area contributed by atoms with Crippen LogP contribution in [0.1, 0.15) is 19.8 Å². The molecule has 2 rings (SSSR count). The van der Waals surface area contributed by atoms with Crippen molar-refractivity contribution < 1.29 is 9.53 Å². The SMILES string of the molecule is CC1OCCC1N(C)CCC(=O)Nc1ccc(N)cc1Cl. The minimum absolute atomic E-state index is 0.0555. The standard InChI is InChI=1S/C15H22ClN3O2/c1-10-14(6-8-21-10)19(2)7-5-15(20)18-13-4-3-11(17)9-12(13)16/h3-4,9-10,14H,5-8,17H2,1-2H3,(H,18,20). The number of nitrogen functional groups attached to an aromatic ring is 1. The third kappa shape index (κ3) is 4.33. The molecule has 6 heteroatoms. The molecule has 0 saturated carbocycles. The number of carbonyl (C=O) groups is 1. The number of hydrogen-bond acceptors (Lipinski definition) is 4. The Morgan fingerprint density at radius 2 is 2.33 bits per heavy atom. The second-order valence-corrected chi connectivity index (χ2v) is 5.86. The molecule has 1 amide bonds. The fourth-order valence-corrected chi connectivity index (χ4v) is 2.82. The molecule has 0 radical (unpaired) electrons. The lowest BCUT2D eigenvalue weighted by atomic mass is 10.1. The van der Waals surface area contributed by atoms with Crippen molar-refractivity contribution in [2.45, 2.75) is 31.9 Å². The molecule has 1 aromatic rings. The molecule has 5 nitrogen and oxygen atoms in total. The van der Waals surface area contributed by atoms with Crippen molar-refractivity contribution in [1.82, 2.24) is 4.90 Å². The second kappa shape index (κ2) is 7.11. The van der Waals surface area contributed by atoms with Crippen LogP contribution in [0.3, 0.4) is 0 Å². The number of nitrogens with two attached hydrogens (primary N) is 1. The highest BCUT2D eigenvalue weighted by Crippen LogP contribution is 2.24. The predicted octanol–water partition coefficient (Wildman–Crippen LogP) is 2.36. The molecule has 0 spiro atoms. The van der Waals surface area contributed by atoms with Crippen molar-refractivity contribution in [3.8, 4) is 0 Å². The Bertz CT molecular complexity index is 510. The highest BCUT2D eigenvalue weighted by atomic mass is 35.5. The minimum atomic E-state index is -0.0555. The van der Waals surface area contributed by atoms with E-state index >= 15 is 0 Å². The van der Waals surface area contributed by atoms with Gasteiger partial charge in [-0.25, -0.2) is 0 Å². The summed E-state index contributed by atoms with van der Waals surface area (Å²) in [5.41, 5.74) is 6.79. The van der Waals surface area contributed by atoms with Crippen LogP contribution in [0.2, 0.25) is 5.02 Å². The van der Waals surface area contributed by atoms with Gasteiger partial charge in [0.05, 0.1) is 16.8 Å². The number of anilines is 2. The summed E-state index contributed by atoms with van der Waals surface area (Å²) in [5, 5.41) is 3.26. The van der Waals surface area contributed by atoms with Crippen LogP contribution >= 0.6 is 11.6 Å². The van der Waals surface area contributed by atoms with Crippen LogP contribution in [0.5, 0.6) is 0 Å². The summed E-state index contributed by atoms with van der Waals surface area (Å²) < 4.78 is 5.54. The maximum atomic E-state index is 12.0. The highest BCUT2D eigenvalue weighted by Gasteiger charge is 2.27. The summed E-state index contributed by atoms with van der Waals surface area (Å²) in [7, 11) is 2.03. The van der Waals surface area contributed by atoms with Gasteiger partial charge in [0.2, 0.25) is 5.91 Å². The molecule has 1 heterocycles. The van der Waals surface area contributed by atoms with Crippen molar-refractivity contribution in [1.29, 1.82) is 0 Å². The van der Waals surface area contributed by atoms with E-state index in [1.165, 1.54) is 0 Å². The number of carbonyl (C=O) groups excluding carboxylic acids is 1. The first kappa shape index (κ1) is 16.1. The van der Waals surface area contributed by atoms with Gasteiger partial charge in [0.25, 0.3) is 0 Å². The van der Waals surface area contributed by atoms with E-state index in [2.05, 4.69) is 17.1 Å². The number of likely N-dealkylation sites (N-methyl/N-ethyl adjacent to an activating group) is 1. The van der Waals surface area contributed by atoms with Crippen molar-refractivity contribution in [3.63, 3.8) is 0 Å². The van der Waals surface area contributed by atoms with Crippen LogP contribution < -0.4 is 11.1 Å². The first-order valence-electron chi connectivity index (χ1n) is 7.14. The molecule has 3 N–H and O–H groups in total. The predicted molar refractivity (Wildman–Crippen MR) is 85.6 cm³/mol. The topological polar surface area (TPSA) is 67.6 Å². The van der Waals surface area contributed by atoms with Gasteiger partial charge < -0.3 is 20.7 Å². The Morgan fingerprint density at radius 1 is 1.57 bits per heavy atom. The summed E-state index contributed by atoms with van der Waals surface area (Å²) in [6, 6.07) is 5.44. The van der Waals surface area contributed by atoms with Gasteiger partial charge in [-0.2, -0.15) is 0 Å². The zero-order valence-corrected chi connectivity index (χ0v) is 13.2. The molecule has 116 valence electrons. The van der Waals surface area contributed by atoms with Gasteiger partial charge in [0.1, 0.15) is 0 Å². The van der Waals surface area contributed by atoms with Crippen LogP contribution in [0.15, 0.2) is 18.2 Å². The Hall–Kier alpha value is -1.30. The third-order valence-electron chi connectivity index (χ3n) is 3.86. The number of benzene rings is 1. The normalized spacial score (nSPS) is 21.7. The number of hydrogen-bond donors (Lipinski definition) is 2. The summed E-state index contributed by atoms with van der Waals surface area (Å²) in [6.07, 6.45) is 1.66. The second-order valence-electron chi connectivity index (χ2n) is 5.45. The van der Waals surface area contributed by atoms with Crippen LogP contribution in [-0.2, 0) is 9.53 Å². The van der Waals surface area contributed by atoms with Crippen molar-refractivity contribution in [2.75, 3.05) is 31.2 Å². The quantitative estimate of drug-likeness (QED) is 0.819. The average molecular weight is 312 g/mol. The maximum Gasteiger partial charge on any atom is 0.225 e. The number of nitrogens with one attached hydrogen (secondary N) is 1. The Kier molecular flexibility index (Phi) is 5.45. The van der Waals surface area contributed by atoms with E-state index in [1.807, 2.05) is 7.05 Å². The molecule has 0 aliphatic carbocycles. The van der Waals surface area contributed by atoms with Gasteiger partial charge >= 0.3 is 0 Å². The smallest absolute Gasteiger partial charge is 0.225 e. The van der Waals surface area contributed by atoms with Gasteiger partial charge in [0.15, 0.2) is 0 Å². The molecular formula is C15H22ClN3O2. The summed E-state index contributed by atoms with van der Waals surface area (Å²) in [4.78, 5) is 14.2. The largest absolute Gasteiger partial charge is 0.399 e. The summed E-state index contributed by atoms with van der Waals surface area (Å²) in [6.45, 7) is 3.56. The molecule has 0 bridgehead atoms. The molecule has 1 fully saturated rings. The fourth-order valence-electron chi connectivity index (χ4n) is 2.59. The molecule has 0 aromatic heterocycles. The van der Waals surface area contributed by atoms with Crippen molar-refractivity contribution in [2.24, 2.45) is 0 Å². The van der Waals surface area contributed by atoms with E-state index in [-0.39, 0.29) is 12.0 Å². The van der Waals surface area contributed by atoms with Crippen LogP contribution in [0.4, 0.5) is 11.4 Å². The molecule has 1 saturated heterocycles. The molecule has 1 aliphatic rings. The summed E-state index contributed by atoms with van der Waals surface area (Å²) in [5.74, 6) is -0.0555. The Balaban J connectivity index is 1.82. The molecule has 1 aromatic carbocycles. The van der Waals surface area contributed by atoms with E-state index in [4.69, 9.17) is 22.1 Å². The van der Waals surface area contributed by atoms with Gasteiger partial charge in [-0.1, -0.05) is 11.6 Å². The van der Waals surface area contributed by atoms with Crippen LogP contribution in [-0.4, -0.2) is 43.2 Å². The van der Waals surface area contributed by atoms with Gasteiger partial charge in [-0.15, -0.1) is 0 Å². The average Bonchev–Trinajstić information content (AvgIpc) is 2.85. The third-order valence-corrected chi connectivity index (χ3v) is 4.17. The van der Waals surface area contributed by atoms with Crippen molar-refractivity contribution in [3.05, 3.63) is 23.2 Å². The molecule has 2 unspecified atom stereocenters. The fraction of sp³-hybridized carbons (Fsp3) is 0.533. The zero-order chi connectivity index (χ0) is 15.4. The monoisotopic (exact) mass is 311 g/mol. The Labute approximate surface area is 130 Å². The first-order valence-corrected chi connectivity index (χ1v) is 7.52. The minimum Gasteiger partial charge on any atom is -0.399 e. The molecule has 1 aliphatic heterocycles. The number of amides is 1. The molecule has 21 heavy (non-hydrogen) atoms. The van der Waals surface area contributed by atoms with E-state index in [0.29, 0.717) is 35.4 Å².